The fourth-order valence-electron chi connectivity index (χ4n) is 3.44. The van der Waals surface area contributed by atoms with Crippen LogP contribution in [0.2, 0.25) is 0 Å². The van der Waals surface area contributed by atoms with Gasteiger partial charge in [0.2, 0.25) is 12.0 Å². The van der Waals surface area contributed by atoms with E-state index in [1.807, 2.05) is 19.1 Å². The number of hydrogen-bond donors (Lipinski definition) is 0. The minimum Gasteiger partial charge on any atom is -0.493 e. The van der Waals surface area contributed by atoms with Crippen molar-refractivity contribution in [2.45, 2.75) is 13.0 Å². The highest BCUT2D eigenvalue weighted by Crippen LogP contribution is 2.39. The topological polar surface area (TPSA) is 77.4 Å². The zero-order valence-corrected chi connectivity index (χ0v) is 17.0. The van der Waals surface area contributed by atoms with E-state index in [1.54, 1.807) is 31.4 Å². The van der Waals surface area contributed by atoms with E-state index in [1.165, 1.54) is 7.11 Å². The van der Waals surface area contributed by atoms with Crippen molar-refractivity contribution >= 4 is 39.1 Å². The normalized spacial score (nSPS) is 20.7. The van der Waals surface area contributed by atoms with Crippen molar-refractivity contribution in [2.75, 3.05) is 19.1 Å². The number of benzene rings is 2. The monoisotopic (exact) mass is 444 g/mol. The van der Waals surface area contributed by atoms with E-state index < -0.39 is 17.9 Å². The van der Waals surface area contributed by atoms with Crippen molar-refractivity contribution in [2.24, 2.45) is 11.1 Å². The van der Waals surface area contributed by atoms with E-state index in [9.17, 15) is 9.59 Å². The molecule has 0 N–H and O–H groups in total. The lowest BCUT2D eigenvalue weighted by atomic mass is 9.94. The Labute approximate surface area is 170 Å². The molecule has 8 heteroatoms. The van der Waals surface area contributed by atoms with Gasteiger partial charge in [-0.25, -0.2) is 4.90 Å². The van der Waals surface area contributed by atoms with Gasteiger partial charge in [0, 0.05) is 10.0 Å². The predicted molar refractivity (Wildman–Crippen MR) is 106 cm³/mol. The quantitative estimate of drug-likeness (QED) is 0.677. The molecule has 0 aliphatic carbocycles. The third-order valence-electron chi connectivity index (χ3n) is 4.84. The van der Waals surface area contributed by atoms with Crippen LogP contribution in [0.3, 0.4) is 0 Å². The van der Waals surface area contributed by atoms with E-state index in [2.05, 4.69) is 21.1 Å². The number of carbonyl (C=O) groups excluding carboxylic acids is 2. The van der Waals surface area contributed by atoms with E-state index in [0.717, 1.165) is 10.5 Å². The Balaban J connectivity index is 1.71. The second-order valence-electron chi connectivity index (χ2n) is 6.52. The first-order chi connectivity index (χ1) is 13.5. The number of oxime groups is 1. The van der Waals surface area contributed by atoms with Gasteiger partial charge in [0.1, 0.15) is 11.6 Å². The van der Waals surface area contributed by atoms with Gasteiger partial charge in [-0.2, -0.15) is 0 Å². The fourth-order valence-corrected chi connectivity index (χ4v) is 4.11. The summed E-state index contributed by atoms with van der Waals surface area (Å²) in [7, 11) is 3.07. The Morgan fingerprint density at radius 1 is 1.04 bits per heavy atom. The third kappa shape index (κ3) is 2.75. The van der Waals surface area contributed by atoms with Gasteiger partial charge in [0.05, 0.1) is 19.9 Å². The molecule has 2 amide bonds. The van der Waals surface area contributed by atoms with Crippen molar-refractivity contribution in [3.63, 3.8) is 0 Å². The van der Waals surface area contributed by atoms with Crippen LogP contribution in [0.4, 0.5) is 5.69 Å². The first kappa shape index (κ1) is 18.5. The highest BCUT2D eigenvalue weighted by atomic mass is 79.9. The number of nitrogens with zero attached hydrogens (tertiary/aromatic N) is 2. The van der Waals surface area contributed by atoms with Crippen molar-refractivity contribution in [3.05, 3.63) is 52.0 Å². The maximum atomic E-state index is 13.2. The molecule has 2 aliphatic rings. The molecular formula is C20H17BrN2O5. The molecule has 0 saturated carbocycles. The summed E-state index contributed by atoms with van der Waals surface area (Å²) in [5, 5.41) is 4.03. The van der Waals surface area contributed by atoms with Gasteiger partial charge in [-0.05, 0) is 58.7 Å². The van der Waals surface area contributed by atoms with E-state index in [4.69, 9.17) is 14.3 Å². The number of amides is 2. The molecular weight excluding hydrogens is 428 g/mol. The maximum absolute atomic E-state index is 13.2. The lowest BCUT2D eigenvalue weighted by Gasteiger charge is -2.17. The Bertz CT molecular complexity index is 1020. The highest BCUT2D eigenvalue weighted by Gasteiger charge is 2.56. The number of imide groups is 1. The van der Waals surface area contributed by atoms with Gasteiger partial charge in [-0.3, -0.25) is 9.59 Å². The molecule has 2 heterocycles. The molecule has 7 nitrogen and oxygen atoms in total. The van der Waals surface area contributed by atoms with Gasteiger partial charge < -0.3 is 14.3 Å². The Morgan fingerprint density at radius 2 is 1.79 bits per heavy atom. The second-order valence-corrected chi connectivity index (χ2v) is 7.37. The van der Waals surface area contributed by atoms with Crippen LogP contribution in [0.5, 0.6) is 11.5 Å². The summed E-state index contributed by atoms with van der Waals surface area (Å²) in [5.74, 6) is -0.550. The molecule has 0 aromatic heterocycles. The number of aryl methyl sites for hydroxylation is 1. The molecule has 144 valence electrons. The molecule has 2 aromatic rings. The van der Waals surface area contributed by atoms with Crippen molar-refractivity contribution in [1.82, 2.24) is 0 Å². The van der Waals surface area contributed by atoms with E-state index >= 15 is 0 Å². The Kier molecular flexibility index (Phi) is 4.58. The number of methoxy groups -OCH3 is 2. The Hall–Kier alpha value is -2.87. The number of halogens is 1. The van der Waals surface area contributed by atoms with Crippen LogP contribution >= 0.6 is 15.9 Å². The average molecular weight is 445 g/mol. The Morgan fingerprint density at radius 3 is 2.46 bits per heavy atom. The average Bonchev–Trinajstić information content (AvgIpc) is 3.22. The van der Waals surface area contributed by atoms with Gasteiger partial charge in [0.15, 0.2) is 11.5 Å². The van der Waals surface area contributed by atoms with Crippen molar-refractivity contribution in [1.29, 1.82) is 0 Å². The zero-order valence-electron chi connectivity index (χ0n) is 15.4. The van der Waals surface area contributed by atoms with Crippen LogP contribution in [0.15, 0.2) is 46.0 Å². The van der Waals surface area contributed by atoms with Crippen LogP contribution in [0, 0.1) is 12.8 Å². The van der Waals surface area contributed by atoms with Crippen LogP contribution in [-0.2, 0) is 14.4 Å². The zero-order chi connectivity index (χ0) is 20.0. The first-order valence-electron chi connectivity index (χ1n) is 8.56. The molecule has 0 spiro atoms. The van der Waals surface area contributed by atoms with E-state index in [-0.39, 0.29) is 5.91 Å². The lowest BCUT2D eigenvalue weighted by molar-refractivity contribution is -0.126. The molecule has 2 atom stereocenters. The number of rotatable bonds is 4. The van der Waals surface area contributed by atoms with Crippen LogP contribution < -0.4 is 14.4 Å². The van der Waals surface area contributed by atoms with Crippen molar-refractivity contribution < 1.29 is 23.9 Å². The summed E-state index contributed by atoms with van der Waals surface area (Å²) in [6.07, 6.45) is -0.969. The lowest BCUT2D eigenvalue weighted by Crippen LogP contribution is -2.33. The number of ether oxygens (including phenoxy) is 2. The van der Waals surface area contributed by atoms with Crippen LogP contribution in [0.1, 0.15) is 11.1 Å². The summed E-state index contributed by atoms with van der Waals surface area (Å²) in [6.45, 7) is 1.93. The van der Waals surface area contributed by atoms with Gasteiger partial charge in [-0.1, -0.05) is 11.2 Å². The maximum Gasteiger partial charge on any atom is 0.279 e. The SMILES string of the molecule is COc1ccc(C2=NOC3C(=O)N(c4ccc(C)cc4Br)C(=O)C23)cc1OC. The molecule has 2 aliphatic heterocycles. The summed E-state index contributed by atoms with van der Waals surface area (Å²) in [5.41, 5.74) is 2.54. The first-order valence-corrected chi connectivity index (χ1v) is 9.35. The summed E-state index contributed by atoms with van der Waals surface area (Å²) in [6, 6.07) is 10.6. The molecule has 0 bridgehead atoms. The fraction of sp³-hybridized carbons (Fsp3) is 0.250. The highest BCUT2D eigenvalue weighted by molar-refractivity contribution is 9.10. The largest absolute Gasteiger partial charge is 0.493 e. The van der Waals surface area contributed by atoms with Gasteiger partial charge in [-0.15, -0.1) is 0 Å². The minimum absolute atomic E-state index is 0.370. The molecule has 1 fully saturated rings. The smallest absolute Gasteiger partial charge is 0.279 e. The number of fused-ring (bicyclic) bond motifs is 1. The summed E-state index contributed by atoms with van der Waals surface area (Å²) in [4.78, 5) is 32.6. The molecule has 0 radical (unpaired) electrons. The predicted octanol–water partition coefficient (Wildman–Crippen LogP) is 3.07. The summed E-state index contributed by atoms with van der Waals surface area (Å²) >= 11 is 3.44. The molecule has 1 saturated heterocycles. The third-order valence-corrected chi connectivity index (χ3v) is 5.47. The van der Waals surface area contributed by atoms with Crippen molar-refractivity contribution in [3.8, 4) is 11.5 Å². The van der Waals surface area contributed by atoms with E-state index in [0.29, 0.717) is 32.9 Å². The number of carbonyl (C=O) groups is 2. The standard InChI is InChI=1S/C20H17BrN2O5/c1-10-4-6-13(12(21)8-10)23-19(24)16-17(22-28-18(16)20(23)25)11-5-7-14(26-2)15(9-11)27-3/h4-9,16,18H,1-3H3. The van der Waals surface area contributed by atoms with Crippen LogP contribution in [-0.4, -0.2) is 37.8 Å². The summed E-state index contributed by atoms with van der Waals surface area (Å²) < 4.78 is 11.2. The molecule has 2 aromatic carbocycles. The second kappa shape index (κ2) is 6.94. The number of anilines is 1. The number of hydrogen-bond acceptors (Lipinski definition) is 6. The van der Waals surface area contributed by atoms with Gasteiger partial charge >= 0.3 is 0 Å². The molecule has 2 unspecified atom stereocenters. The van der Waals surface area contributed by atoms with Gasteiger partial charge in [0.25, 0.3) is 5.91 Å². The van der Waals surface area contributed by atoms with Crippen LogP contribution in [0.25, 0.3) is 0 Å². The molecule has 4 rings (SSSR count). The minimum atomic E-state index is -0.969. The molecule has 28 heavy (non-hydrogen) atoms.